The molecule has 0 aliphatic carbocycles. The predicted molar refractivity (Wildman–Crippen MR) is 89.5 cm³/mol. The van der Waals surface area contributed by atoms with Crippen LogP contribution in [0.1, 0.15) is 22.7 Å². The first-order chi connectivity index (χ1) is 9.96. The summed E-state index contributed by atoms with van der Waals surface area (Å²) in [5, 5.41) is 0.646. The lowest BCUT2D eigenvalue weighted by molar-refractivity contribution is 0.354. The van der Waals surface area contributed by atoms with Gasteiger partial charge >= 0.3 is 0 Å². The summed E-state index contributed by atoms with van der Waals surface area (Å²) in [5.41, 5.74) is 9.34. The van der Waals surface area contributed by atoms with Gasteiger partial charge in [-0.15, -0.1) is 0 Å². The van der Waals surface area contributed by atoms with E-state index in [0.717, 1.165) is 21.2 Å². The van der Waals surface area contributed by atoms with Crippen molar-refractivity contribution in [3.63, 3.8) is 0 Å². The van der Waals surface area contributed by atoms with Crippen molar-refractivity contribution in [1.29, 1.82) is 0 Å². The Labute approximate surface area is 138 Å². The number of aryl methyl sites for hydroxylation is 1. The van der Waals surface area contributed by atoms with E-state index >= 15 is 0 Å². The molecule has 0 aliphatic heterocycles. The standard InChI is InChI=1S/C16H17BrClNO2/c1-9-4-14(20-2)15(21-3)8-13(9)16(19)10-5-11(17)7-12(18)6-10/h4-8,16H,19H2,1-3H3. The molecule has 0 aliphatic rings. The SMILES string of the molecule is COc1cc(C)c(C(N)c2cc(Cl)cc(Br)c2)cc1OC. The fourth-order valence-corrected chi connectivity index (χ4v) is 3.15. The van der Waals surface area contributed by atoms with E-state index in [9.17, 15) is 0 Å². The minimum Gasteiger partial charge on any atom is -0.493 e. The summed E-state index contributed by atoms with van der Waals surface area (Å²) in [4.78, 5) is 0. The Hall–Kier alpha value is -1.23. The summed E-state index contributed by atoms with van der Waals surface area (Å²) < 4.78 is 11.6. The highest BCUT2D eigenvalue weighted by Crippen LogP contribution is 2.35. The van der Waals surface area contributed by atoms with Gasteiger partial charge in [0, 0.05) is 9.50 Å². The molecule has 0 fully saturated rings. The van der Waals surface area contributed by atoms with Crippen LogP contribution in [0.25, 0.3) is 0 Å². The second-order valence-electron chi connectivity index (χ2n) is 4.74. The molecule has 0 heterocycles. The van der Waals surface area contributed by atoms with Crippen LogP contribution in [0.4, 0.5) is 0 Å². The van der Waals surface area contributed by atoms with Crippen LogP contribution in [0.3, 0.4) is 0 Å². The monoisotopic (exact) mass is 369 g/mol. The minimum absolute atomic E-state index is 0.292. The van der Waals surface area contributed by atoms with Gasteiger partial charge in [-0.1, -0.05) is 27.5 Å². The fourth-order valence-electron chi connectivity index (χ4n) is 2.27. The van der Waals surface area contributed by atoms with Crippen LogP contribution in [-0.2, 0) is 0 Å². The molecule has 0 aromatic heterocycles. The summed E-state index contributed by atoms with van der Waals surface area (Å²) >= 11 is 9.54. The summed E-state index contributed by atoms with van der Waals surface area (Å²) in [7, 11) is 3.23. The highest BCUT2D eigenvalue weighted by atomic mass is 79.9. The van der Waals surface area contributed by atoms with Gasteiger partial charge in [0.1, 0.15) is 0 Å². The molecule has 1 atom stereocenters. The molecule has 2 N–H and O–H groups in total. The molecule has 0 saturated heterocycles. The van der Waals surface area contributed by atoms with Crippen molar-refractivity contribution in [2.75, 3.05) is 14.2 Å². The van der Waals surface area contributed by atoms with Gasteiger partial charge in [-0.05, 0) is 53.9 Å². The molecule has 1 unspecified atom stereocenters. The van der Waals surface area contributed by atoms with Crippen molar-refractivity contribution in [2.45, 2.75) is 13.0 Å². The first kappa shape index (κ1) is 16.1. The Morgan fingerprint density at radius 1 is 1.05 bits per heavy atom. The Morgan fingerprint density at radius 2 is 1.67 bits per heavy atom. The van der Waals surface area contributed by atoms with Gasteiger partial charge in [0.2, 0.25) is 0 Å². The summed E-state index contributed by atoms with van der Waals surface area (Å²) in [6.07, 6.45) is 0. The van der Waals surface area contributed by atoms with Gasteiger partial charge in [0.05, 0.1) is 20.3 Å². The van der Waals surface area contributed by atoms with E-state index in [2.05, 4.69) is 15.9 Å². The molecule has 0 saturated carbocycles. The highest BCUT2D eigenvalue weighted by molar-refractivity contribution is 9.10. The minimum atomic E-state index is -0.292. The van der Waals surface area contributed by atoms with E-state index in [1.165, 1.54) is 0 Å². The van der Waals surface area contributed by atoms with Crippen LogP contribution < -0.4 is 15.2 Å². The van der Waals surface area contributed by atoms with E-state index in [0.29, 0.717) is 16.5 Å². The lowest BCUT2D eigenvalue weighted by Gasteiger charge is -2.18. The molecule has 2 aromatic carbocycles. The number of ether oxygens (including phenoxy) is 2. The molecule has 2 aromatic rings. The predicted octanol–water partition coefficient (Wildman–Crippen LogP) is 4.48. The number of nitrogens with two attached hydrogens (primary N) is 1. The molecule has 21 heavy (non-hydrogen) atoms. The number of methoxy groups -OCH3 is 2. The number of benzene rings is 2. The fraction of sp³-hybridized carbons (Fsp3) is 0.250. The lowest BCUT2D eigenvalue weighted by Crippen LogP contribution is -2.14. The molecule has 112 valence electrons. The summed E-state index contributed by atoms with van der Waals surface area (Å²) in [6, 6.07) is 9.21. The lowest BCUT2D eigenvalue weighted by atomic mass is 9.95. The van der Waals surface area contributed by atoms with Crippen LogP contribution in [0.5, 0.6) is 11.5 Å². The van der Waals surface area contributed by atoms with Gasteiger partial charge in [-0.3, -0.25) is 0 Å². The molecular weight excluding hydrogens is 354 g/mol. The van der Waals surface area contributed by atoms with E-state index < -0.39 is 0 Å². The van der Waals surface area contributed by atoms with Crippen molar-refractivity contribution in [1.82, 2.24) is 0 Å². The number of hydrogen-bond acceptors (Lipinski definition) is 3. The third-order valence-corrected chi connectivity index (χ3v) is 4.03. The molecule has 2 rings (SSSR count). The maximum Gasteiger partial charge on any atom is 0.161 e. The van der Waals surface area contributed by atoms with E-state index in [1.54, 1.807) is 14.2 Å². The molecule has 0 spiro atoms. The zero-order valence-electron chi connectivity index (χ0n) is 12.1. The Morgan fingerprint density at radius 3 is 2.24 bits per heavy atom. The van der Waals surface area contributed by atoms with Gasteiger partial charge < -0.3 is 15.2 Å². The number of rotatable bonds is 4. The Kier molecular flexibility index (Phi) is 5.14. The molecular formula is C16H17BrClNO2. The molecule has 3 nitrogen and oxygen atoms in total. The van der Waals surface area contributed by atoms with Crippen molar-refractivity contribution in [2.24, 2.45) is 5.73 Å². The smallest absolute Gasteiger partial charge is 0.161 e. The normalized spacial score (nSPS) is 12.1. The number of halogens is 2. The average molecular weight is 371 g/mol. The van der Waals surface area contributed by atoms with Crippen molar-refractivity contribution in [3.8, 4) is 11.5 Å². The van der Waals surface area contributed by atoms with Crippen LogP contribution in [-0.4, -0.2) is 14.2 Å². The molecule has 0 radical (unpaired) electrons. The van der Waals surface area contributed by atoms with Crippen molar-refractivity contribution < 1.29 is 9.47 Å². The third kappa shape index (κ3) is 3.51. The van der Waals surface area contributed by atoms with E-state index in [-0.39, 0.29) is 6.04 Å². The van der Waals surface area contributed by atoms with Gasteiger partial charge in [0.25, 0.3) is 0 Å². The highest BCUT2D eigenvalue weighted by Gasteiger charge is 2.16. The molecule has 5 heteroatoms. The first-order valence-corrected chi connectivity index (χ1v) is 7.57. The summed E-state index contributed by atoms with van der Waals surface area (Å²) in [6.45, 7) is 2.00. The van der Waals surface area contributed by atoms with Gasteiger partial charge in [-0.25, -0.2) is 0 Å². The van der Waals surface area contributed by atoms with Crippen LogP contribution in [0.2, 0.25) is 5.02 Å². The maximum absolute atomic E-state index is 6.39. The van der Waals surface area contributed by atoms with Crippen LogP contribution in [0.15, 0.2) is 34.8 Å². The zero-order valence-corrected chi connectivity index (χ0v) is 14.5. The van der Waals surface area contributed by atoms with Crippen molar-refractivity contribution >= 4 is 27.5 Å². The van der Waals surface area contributed by atoms with Gasteiger partial charge in [-0.2, -0.15) is 0 Å². The van der Waals surface area contributed by atoms with Crippen LogP contribution in [0, 0.1) is 6.92 Å². The van der Waals surface area contributed by atoms with Crippen molar-refractivity contribution in [3.05, 3.63) is 56.5 Å². The topological polar surface area (TPSA) is 44.5 Å². The average Bonchev–Trinajstić information content (AvgIpc) is 2.45. The largest absolute Gasteiger partial charge is 0.493 e. The maximum atomic E-state index is 6.39. The van der Waals surface area contributed by atoms with E-state index in [1.807, 2.05) is 37.3 Å². The first-order valence-electron chi connectivity index (χ1n) is 6.40. The number of hydrogen-bond donors (Lipinski definition) is 1. The third-order valence-electron chi connectivity index (χ3n) is 3.35. The molecule has 0 amide bonds. The Bertz CT molecular complexity index is 641. The van der Waals surface area contributed by atoms with E-state index in [4.69, 9.17) is 26.8 Å². The summed E-state index contributed by atoms with van der Waals surface area (Å²) in [5.74, 6) is 1.35. The van der Waals surface area contributed by atoms with Crippen LogP contribution >= 0.6 is 27.5 Å². The molecule has 0 bridgehead atoms. The second-order valence-corrected chi connectivity index (χ2v) is 6.10. The zero-order chi connectivity index (χ0) is 15.6. The quantitative estimate of drug-likeness (QED) is 0.863. The second kappa shape index (κ2) is 6.69. The van der Waals surface area contributed by atoms with Gasteiger partial charge in [0.15, 0.2) is 11.5 Å². The Balaban J connectivity index is 2.49.